The van der Waals surface area contributed by atoms with Crippen LogP contribution in [0.3, 0.4) is 0 Å². The van der Waals surface area contributed by atoms with Crippen molar-refractivity contribution < 1.29 is 17.9 Å². The summed E-state index contributed by atoms with van der Waals surface area (Å²) in [6, 6.07) is 0. The molecule has 0 heterocycles. The molecule has 1 atom stereocenters. The molecule has 11 heavy (non-hydrogen) atoms. The number of carbonyl (C=O) groups is 1. The quantitative estimate of drug-likeness (QED) is 0.492. The Labute approximate surface area is 69.9 Å². The van der Waals surface area contributed by atoms with Crippen LogP contribution in [0.1, 0.15) is 13.8 Å². The first-order chi connectivity index (χ1) is 4.89. The van der Waals surface area contributed by atoms with E-state index in [4.69, 9.17) is 10.7 Å². The molecule has 66 valence electrons. The lowest BCUT2D eigenvalue weighted by atomic mass is 10.5. The average Bonchev–Trinajstić information content (AvgIpc) is 1.85. The third-order valence-electron chi connectivity index (χ3n) is 1.04. The van der Waals surface area contributed by atoms with Gasteiger partial charge in [-0.05, 0) is 13.8 Å². The Balaban J connectivity index is 4.27. The highest BCUT2D eigenvalue weighted by atomic mass is 35.7. The number of halogens is 1. The van der Waals surface area contributed by atoms with Gasteiger partial charge in [-0.1, -0.05) is 0 Å². The van der Waals surface area contributed by atoms with Crippen molar-refractivity contribution in [3.05, 3.63) is 0 Å². The molecule has 0 aliphatic rings. The maximum atomic E-state index is 10.7. The molecule has 0 radical (unpaired) electrons. The molecule has 0 amide bonds. The summed E-state index contributed by atoms with van der Waals surface area (Å²) >= 11 is 0. The van der Waals surface area contributed by atoms with E-state index in [0.717, 1.165) is 0 Å². The summed E-state index contributed by atoms with van der Waals surface area (Å²) < 4.78 is 25.5. The molecule has 0 aliphatic heterocycles. The van der Waals surface area contributed by atoms with E-state index in [0.29, 0.717) is 0 Å². The zero-order valence-electron chi connectivity index (χ0n) is 6.20. The minimum absolute atomic E-state index is 0.148. The molecule has 4 nitrogen and oxygen atoms in total. The van der Waals surface area contributed by atoms with E-state index < -0.39 is 20.3 Å². The Morgan fingerprint density at radius 1 is 1.64 bits per heavy atom. The van der Waals surface area contributed by atoms with Crippen LogP contribution >= 0.6 is 10.7 Å². The van der Waals surface area contributed by atoms with Crippen molar-refractivity contribution in [1.29, 1.82) is 0 Å². The van der Waals surface area contributed by atoms with Crippen molar-refractivity contribution in [2.45, 2.75) is 19.1 Å². The lowest BCUT2D eigenvalue weighted by Crippen LogP contribution is -2.25. The van der Waals surface area contributed by atoms with Gasteiger partial charge >= 0.3 is 5.97 Å². The predicted molar refractivity (Wildman–Crippen MR) is 40.9 cm³/mol. The van der Waals surface area contributed by atoms with Gasteiger partial charge < -0.3 is 4.74 Å². The highest BCUT2D eigenvalue weighted by Gasteiger charge is 2.26. The largest absolute Gasteiger partial charge is 0.465 e. The molecule has 0 rings (SSSR count). The third kappa shape index (κ3) is 3.57. The van der Waals surface area contributed by atoms with Crippen molar-refractivity contribution in [3.8, 4) is 0 Å². The van der Waals surface area contributed by atoms with Crippen LogP contribution in [-0.2, 0) is 18.6 Å². The molecule has 1 unspecified atom stereocenters. The summed E-state index contributed by atoms with van der Waals surface area (Å²) in [5.74, 6) is -0.817. The minimum atomic E-state index is -3.83. The molecular weight excluding hydrogens is 192 g/mol. The van der Waals surface area contributed by atoms with E-state index >= 15 is 0 Å². The second kappa shape index (κ2) is 3.92. The van der Waals surface area contributed by atoms with Crippen LogP contribution in [0.25, 0.3) is 0 Å². The maximum Gasteiger partial charge on any atom is 0.325 e. The van der Waals surface area contributed by atoms with Gasteiger partial charge in [-0.3, -0.25) is 4.79 Å². The summed E-state index contributed by atoms with van der Waals surface area (Å²) in [5.41, 5.74) is 0. The van der Waals surface area contributed by atoms with Crippen molar-refractivity contribution in [2.24, 2.45) is 0 Å². The fraction of sp³-hybridized carbons (Fsp3) is 0.800. The Bertz CT molecular complexity index is 233. The minimum Gasteiger partial charge on any atom is -0.465 e. The normalized spacial score (nSPS) is 14.1. The van der Waals surface area contributed by atoms with Gasteiger partial charge in [0.15, 0.2) is 5.25 Å². The van der Waals surface area contributed by atoms with Crippen LogP contribution in [0.15, 0.2) is 0 Å². The number of esters is 1. The standard InChI is InChI=1S/C5H9ClO4S/c1-3-10-5(7)4(2)11(6,8)9/h4H,3H2,1-2H3. The van der Waals surface area contributed by atoms with Crippen LogP contribution in [-0.4, -0.2) is 26.2 Å². The zero-order chi connectivity index (χ0) is 9.07. The monoisotopic (exact) mass is 200 g/mol. The van der Waals surface area contributed by atoms with Crippen LogP contribution in [0, 0.1) is 0 Å². The van der Waals surface area contributed by atoms with Gasteiger partial charge in [-0.15, -0.1) is 0 Å². The molecular formula is C5H9ClO4S. The third-order valence-corrected chi connectivity index (χ3v) is 2.88. The van der Waals surface area contributed by atoms with Gasteiger partial charge in [0.05, 0.1) is 6.61 Å². The molecule has 0 saturated carbocycles. The first-order valence-electron chi connectivity index (χ1n) is 2.99. The molecule has 0 aliphatic carbocycles. The Morgan fingerprint density at radius 2 is 2.09 bits per heavy atom. The lowest BCUT2D eigenvalue weighted by Gasteiger charge is -2.05. The fourth-order valence-corrected chi connectivity index (χ4v) is 0.891. The van der Waals surface area contributed by atoms with Gasteiger partial charge in [0.1, 0.15) is 0 Å². The van der Waals surface area contributed by atoms with Gasteiger partial charge in [0.25, 0.3) is 0 Å². The van der Waals surface area contributed by atoms with Gasteiger partial charge in [0.2, 0.25) is 9.05 Å². The Hall–Kier alpha value is -0.290. The molecule has 0 aromatic rings. The number of ether oxygens (including phenoxy) is 1. The second-order valence-electron chi connectivity index (χ2n) is 1.87. The van der Waals surface area contributed by atoms with E-state index in [1.54, 1.807) is 6.92 Å². The van der Waals surface area contributed by atoms with E-state index in [-0.39, 0.29) is 6.61 Å². The van der Waals surface area contributed by atoms with E-state index in [1.807, 2.05) is 0 Å². The van der Waals surface area contributed by atoms with Crippen LogP contribution in [0.5, 0.6) is 0 Å². The molecule has 0 spiro atoms. The molecule has 0 aromatic carbocycles. The first kappa shape index (κ1) is 10.7. The van der Waals surface area contributed by atoms with Crippen molar-refractivity contribution >= 4 is 25.7 Å². The highest BCUT2D eigenvalue weighted by molar-refractivity contribution is 8.14. The van der Waals surface area contributed by atoms with Gasteiger partial charge in [-0.2, -0.15) is 0 Å². The van der Waals surface area contributed by atoms with Crippen molar-refractivity contribution in [2.75, 3.05) is 6.61 Å². The smallest absolute Gasteiger partial charge is 0.325 e. The second-order valence-corrected chi connectivity index (χ2v) is 4.82. The number of rotatable bonds is 3. The van der Waals surface area contributed by atoms with E-state index in [2.05, 4.69) is 4.74 Å². The van der Waals surface area contributed by atoms with Gasteiger partial charge in [-0.25, -0.2) is 8.42 Å². The summed E-state index contributed by atoms with van der Waals surface area (Å²) in [6.07, 6.45) is 0. The van der Waals surface area contributed by atoms with Crippen LogP contribution in [0.2, 0.25) is 0 Å². The summed E-state index contributed by atoms with van der Waals surface area (Å²) in [6.45, 7) is 2.92. The Kier molecular flexibility index (Phi) is 3.82. The molecule has 0 aromatic heterocycles. The number of hydrogen-bond acceptors (Lipinski definition) is 4. The fourth-order valence-electron chi connectivity index (χ4n) is 0.375. The summed E-state index contributed by atoms with van der Waals surface area (Å²) in [5, 5.41) is -1.29. The average molecular weight is 201 g/mol. The van der Waals surface area contributed by atoms with Crippen molar-refractivity contribution in [3.63, 3.8) is 0 Å². The van der Waals surface area contributed by atoms with Crippen molar-refractivity contribution in [1.82, 2.24) is 0 Å². The number of hydrogen-bond donors (Lipinski definition) is 0. The SMILES string of the molecule is CCOC(=O)C(C)S(=O)(=O)Cl. The predicted octanol–water partition coefficient (Wildman–Crippen LogP) is 0.507. The summed E-state index contributed by atoms with van der Waals surface area (Å²) in [7, 11) is 1.06. The number of carbonyl (C=O) groups excluding carboxylic acids is 1. The Morgan fingerprint density at radius 3 is 2.36 bits per heavy atom. The zero-order valence-corrected chi connectivity index (χ0v) is 7.78. The van der Waals surface area contributed by atoms with Crippen LogP contribution in [0.4, 0.5) is 0 Å². The topological polar surface area (TPSA) is 60.4 Å². The van der Waals surface area contributed by atoms with E-state index in [9.17, 15) is 13.2 Å². The van der Waals surface area contributed by atoms with E-state index in [1.165, 1.54) is 6.92 Å². The molecule has 0 saturated heterocycles. The van der Waals surface area contributed by atoms with Crippen LogP contribution < -0.4 is 0 Å². The molecule has 0 N–H and O–H groups in total. The summed E-state index contributed by atoms with van der Waals surface area (Å²) in [4.78, 5) is 10.7. The molecule has 0 fully saturated rings. The maximum absolute atomic E-state index is 10.7. The lowest BCUT2D eigenvalue weighted by molar-refractivity contribution is -0.142. The molecule has 6 heteroatoms. The van der Waals surface area contributed by atoms with Gasteiger partial charge in [0, 0.05) is 10.7 Å². The first-order valence-corrected chi connectivity index (χ1v) is 5.37. The highest BCUT2D eigenvalue weighted by Crippen LogP contribution is 2.07. The molecule has 0 bridgehead atoms.